The van der Waals surface area contributed by atoms with E-state index in [4.69, 9.17) is 10.5 Å². The number of nitrogens with zero attached hydrogens (tertiary/aromatic N) is 3. The predicted molar refractivity (Wildman–Crippen MR) is 301 cm³/mol. The van der Waals surface area contributed by atoms with Gasteiger partial charge in [0.15, 0.2) is 23.1 Å². The van der Waals surface area contributed by atoms with E-state index in [2.05, 4.69) is 15.4 Å². The van der Waals surface area contributed by atoms with E-state index in [1.54, 1.807) is 47.7 Å². The summed E-state index contributed by atoms with van der Waals surface area (Å²) in [6.07, 6.45) is 2.55. The molecule has 11 atom stereocenters. The average Bonchev–Trinajstić information content (AvgIpc) is 3.35. The lowest BCUT2D eigenvalue weighted by Crippen LogP contribution is -2.54. The van der Waals surface area contributed by atoms with Crippen molar-refractivity contribution in [1.82, 2.24) is 25.3 Å². The monoisotopic (exact) mass is 1100 g/mol. The molecule has 0 fully saturated rings. The van der Waals surface area contributed by atoms with E-state index in [1.807, 2.05) is 68.4 Å². The number of rotatable bonds is 37. The molecule has 0 spiro atoms. The highest BCUT2D eigenvalue weighted by Crippen LogP contribution is 2.30. The second-order valence-electron chi connectivity index (χ2n) is 23.5. The molecule has 0 aromatic carbocycles. The maximum atomic E-state index is 14.8. The number of carbonyl (C=O) groups excluding carboxylic acids is 11. The van der Waals surface area contributed by atoms with Gasteiger partial charge in [-0.25, -0.2) is 0 Å². The standard InChI is InChI=1S/C59H102N6O13/c1-21-23-24-38(13)54(78-41(16)66)43(56(73)62-44(22-2)47(67)25-26-51(71)77-20)32-50(70)53(37(11)12)65(19)58(75)42(27-33(3)4)31-49(69)46(29-35(7)8)63(17)57(74)40(15)61-55(72)39(14)30-48(68)45(28-34(5)6)64(18)59(76)52(60)36(9)10/h21,23,33-40,42-46,52-54H,22,24-32,60H2,1-20H3,(H,61,72)(H,62,73)/b23-21+/t38-,39-,40-,42-,43+,44+,45+,46+,52+,53+,54-/m1/s1. The highest BCUT2D eigenvalue weighted by Gasteiger charge is 2.43. The van der Waals surface area contributed by atoms with Gasteiger partial charge in [0, 0.05) is 65.6 Å². The molecule has 5 amide bonds. The molecule has 0 aliphatic heterocycles. The van der Waals surface area contributed by atoms with E-state index in [9.17, 15) is 52.7 Å². The van der Waals surface area contributed by atoms with Crippen LogP contribution in [0.25, 0.3) is 0 Å². The lowest BCUT2D eigenvalue weighted by atomic mass is 9.82. The molecule has 19 heteroatoms. The van der Waals surface area contributed by atoms with E-state index >= 15 is 0 Å². The highest BCUT2D eigenvalue weighted by molar-refractivity contribution is 5.98. The predicted octanol–water partition coefficient (Wildman–Crippen LogP) is 6.45. The number of nitrogens with two attached hydrogens (primary N) is 1. The molecule has 0 rings (SSSR count). The number of methoxy groups -OCH3 is 1. The zero-order valence-corrected chi connectivity index (χ0v) is 51.2. The van der Waals surface area contributed by atoms with Crippen molar-refractivity contribution in [3.63, 3.8) is 0 Å². The molecule has 78 heavy (non-hydrogen) atoms. The van der Waals surface area contributed by atoms with Crippen LogP contribution in [0.2, 0.25) is 0 Å². The molecule has 0 heterocycles. The summed E-state index contributed by atoms with van der Waals surface area (Å²) >= 11 is 0. The summed E-state index contributed by atoms with van der Waals surface area (Å²) in [4.78, 5) is 155. The van der Waals surface area contributed by atoms with Crippen LogP contribution in [0, 0.1) is 53.3 Å². The Morgan fingerprint density at radius 3 is 1.55 bits per heavy atom. The van der Waals surface area contributed by atoms with Crippen LogP contribution < -0.4 is 16.4 Å². The lowest BCUT2D eigenvalue weighted by molar-refractivity contribution is -0.157. The fourth-order valence-corrected chi connectivity index (χ4v) is 9.82. The number of ether oxygens (including phenoxy) is 2. The van der Waals surface area contributed by atoms with Crippen molar-refractivity contribution in [2.75, 3.05) is 28.3 Å². The minimum Gasteiger partial charge on any atom is -0.469 e. The van der Waals surface area contributed by atoms with E-state index in [-0.39, 0.29) is 80.3 Å². The Balaban J connectivity index is 6.89. The van der Waals surface area contributed by atoms with Crippen LogP contribution in [0.5, 0.6) is 0 Å². The second kappa shape index (κ2) is 35.3. The minimum atomic E-state index is -1.30. The van der Waals surface area contributed by atoms with E-state index < -0.39 is 131 Å². The van der Waals surface area contributed by atoms with Crippen LogP contribution in [-0.4, -0.2) is 150 Å². The Hall–Kier alpha value is -5.33. The molecule has 446 valence electrons. The molecule has 0 aromatic heterocycles. The van der Waals surface area contributed by atoms with Crippen LogP contribution in [0.3, 0.4) is 0 Å². The number of allylic oxidation sites excluding steroid dienone is 2. The van der Waals surface area contributed by atoms with Crippen LogP contribution >= 0.6 is 0 Å². The first-order valence-corrected chi connectivity index (χ1v) is 28.2. The van der Waals surface area contributed by atoms with Gasteiger partial charge in [0.2, 0.25) is 29.5 Å². The molecule has 0 bridgehead atoms. The number of carbonyl (C=O) groups is 11. The molecule has 0 saturated heterocycles. The Kier molecular flexibility index (Phi) is 32.9. The molecule has 0 aliphatic carbocycles. The fraction of sp³-hybridized carbons (Fsp3) is 0.780. The third-order valence-electron chi connectivity index (χ3n) is 14.4. The highest BCUT2D eigenvalue weighted by atomic mass is 16.5. The van der Waals surface area contributed by atoms with Gasteiger partial charge in [0.1, 0.15) is 12.1 Å². The molecule has 0 radical (unpaired) electrons. The Morgan fingerprint density at radius 2 is 1.10 bits per heavy atom. The first-order valence-electron chi connectivity index (χ1n) is 28.2. The number of hydrogen-bond acceptors (Lipinski definition) is 14. The van der Waals surface area contributed by atoms with Gasteiger partial charge in [-0.15, -0.1) is 0 Å². The Bertz CT molecular complexity index is 2050. The van der Waals surface area contributed by atoms with Crippen molar-refractivity contribution in [1.29, 1.82) is 0 Å². The third kappa shape index (κ3) is 24.0. The molecular formula is C59H102N6O13. The lowest BCUT2D eigenvalue weighted by Gasteiger charge is -2.36. The van der Waals surface area contributed by atoms with Gasteiger partial charge < -0.3 is 40.5 Å². The topological polar surface area (TPSA) is 266 Å². The van der Waals surface area contributed by atoms with Gasteiger partial charge in [-0.2, -0.15) is 0 Å². The molecule has 4 N–H and O–H groups in total. The van der Waals surface area contributed by atoms with Crippen molar-refractivity contribution in [3.8, 4) is 0 Å². The number of Topliss-reactive ketones (excluding diaryl/α,β-unsaturated/α-hetero) is 4. The minimum absolute atomic E-state index is 0.0542. The number of hydrogen-bond donors (Lipinski definition) is 3. The number of ketones is 4. The molecule has 0 saturated carbocycles. The maximum Gasteiger partial charge on any atom is 0.305 e. The Labute approximate surface area is 467 Å². The first-order chi connectivity index (χ1) is 36.1. The van der Waals surface area contributed by atoms with Gasteiger partial charge >= 0.3 is 11.9 Å². The molecule has 0 unspecified atom stereocenters. The molecular weight excluding hydrogens is 1000 g/mol. The fourth-order valence-electron chi connectivity index (χ4n) is 9.82. The van der Waals surface area contributed by atoms with Crippen LogP contribution in [0.1, 0.15) is 175 Å². The maximum absolute atomic E-state index is 14.8. The third-order valence-corrected chi connectivity index (χ3v) is 14.4. The quantitative estimate of drug-likeness (QED) is 0.0446. The van der Waals surface area contributed by atoms with Crippen molar-refractivity contribution >= 4 is 64.6 Å². The molecule has 19 nitrogen and oxygen atoms in total. The van der Waals surface area contributed by atoms with Crippen molar-refractivity contribution < 1.29 is 62.2 Å². The zero-order valence-electron chi connectivity index (χ0n) is 51.2. The largest absolute Gasteiger partial charge is 0.469 e. The van der Waals surface area contributed by atoms with E-state index in [0.717, 1.165) is 0 Å². The number of amides is 5. The second-order valence-corrected chi connectivity index (χ2v) is 23.5. The first kappa shape index (κ1) is 72.7. The number of esters is 2. The summed E-state index contributed by atoms with van der Waals surface area (Å²) in [6.45, 7) is 28.1. The summed E-state index contributed by atoms with van der Waals surface area (Å²) < 4.78 is 10.5. The Morgan fingerprint density at radius 1 is 0.590 bits per heavy atom. The summed E-state index contributed by atoms with van der Waals surface area (Å²) in [6, 6.07) is -5.87. The van der Waals surface area contributed by atoms with Crippen molar-refractivity contribution in [2.24, 2.45) is 59.0 Å². The SMILES string of the molecule is C/C=C/C[C@@H](C)[C@@H](OC(C)=O)[C@H](CC(=O)[C@H](C(C)C)N(C)C(=O)[C@@H](CC(=O)[C@H](CC(C)C)N(C)C(=O)[C@@H](C)NC(=O)[C@H](C)CC(=O)[C@H](CC(C)C)N(C)C(=O)[C@@H](N)C(C)C)CC(C)C)C(=O)N[C@@H](CC)C(=O)CCC(=O)OC. The van der Waals surface area contributed by atoms with Crippen LogP contribution in [0.4, 0.5) is 0 Å². The van der Waals surface area contributed by atoms with Crippen LogP contribution in [-0.2, 0) is 62.2 Å². The average molecular weight is 1100 g/mol. The van der Waals surface area contributed by atoms with Gasteiger partial charge in [-0.3, -0.25) is 52.7 Å². The number of nitrogens with one attached hydrogen (secondary N) is 2. The summed E-state index contributed by atoms with van der Waals surface area (Å²) in [7, 11) is 5.70. The van der Waals surface area contributed by atoms with E-state index in [1.165, 1.54) is 49.8 Å². The summed E-state index contributed by atoms with van der Waals surface area (Å²) in [5.74, 6) is -10.0. The zero-order chi connectivity index (χ0) is 60.6. The molecule has 0 aliphatic rings. The van der Waals surface area contributed by atoms with Gasteiger partial charge in [-0.05, 0) is 81.5 Å². The van der Waals surface area contributed by atoms with E-state index in [0.29, 0.717) is 12.8 Å². The number of likely N-dealkylation sites (N-methyl/N-ethyl adjacent to an activating group) is 3. The van der Waals surface area contributed by atoms with Gasteiger partial charge in [-0.1, -0.05) is 102 Å². The van der Waals surface area contributed by atoms with Crippen molar-refractivity contribution in [3.05, 3.63) is 12.2 Å². The smallest absolute Gasteiger partial charge is 0.305 e. The normalized spacial score (nSPS) is 16.0. The van der Waals surface area contributed by atoms with Gasteiger partial charge in [0.25, 0.3) is 0 Å². The van der Waals surface area contributed by atoms with Crippen molar-refractivity contribution in [2.45, 2.75) is 217 Å². The summed E-state index contributed by atoms with van der Waals surface area (Å²) in [5.41, 5.74) is 6.15. The van der Waals surface area contributed by atoms with Gasteiger partial charge in [0.05, 0.1) is 49.7 Å². The summed E-state index contributed by atoms with van der Waals surface area (Å²) in [5, 5.41) is 5.47. The molecule has 0 aromatic rings. The van der Waals surface area contributed by atoms with Crippen LogP contribution in [0.15, 0.2) is 12.2 Å².